The van der Waals surface area contributed by atoms with E-state index in [4.69, 9.17) is 26.8 Å². The Morgan fingerprint density at radius 1 is 1.19 bits per heavy atom. The highest BCUT2D eigenvalue weighted by Crippen LogP contribution is 2.40. The summed E-state index contributed by atoms with van der Waals surface area (Å²) in [6.07, 6.45) is 1.39. The average molecular weight is 603 g/mol. The predicted octanol–water partition coefficient (Wildman–Crippen LogP) is 5.83. The van der Waals surface area contributed by atoms with Gasteiger partial charge in [0, 0.05) is 27.2 Å². The van der Waals surface area contributed by atoms with Crippen LogP contribution < -0.4 is 16.0 Å². The van der Waals surface area contributed by atoms with E-state index in [0.29, 0.717) is 44.5 Å². The molecule has 0 saturated carbocycles. The zero-order valence-electron chi connectivity index (χ0n) is 23.6. The highest BCUT2D eigenvalue weighted by Gasteiger charge is 2.24. The van der Waals surface area contributed by atoms with Crippen LogP contribution in [0.25, 0.3) is 32.2 Å². The molecule has 12 heteroatoms. The van der Waals surface area contributed by atoms with E-state index in [1.807, 2.05) is 39.8 Å². The van der Waals surface area contributed by atoms with E-state index in [1.54, 1.807) is 30.5 Å². The Hall–Kier alpha value is -4.53. The van der Waals surface area contributed by atoms with Gasteiger partial charge in [-0.15, -0.1) is 11.3 Å². The van der Waals surface area contributed by atoms with Crippen LogP contribution in [0.1, 0.15) is 48.2 Å². The van der Waals surface area contributed by atoms with Crippen molar-refractivity contribution in [2.75, 3.05) is 12.3 Å². The molecule has 0 radical (unpaired) electrons. The lowest BCUT2D eigenvalue weighted by Crippen LogP contribution is -2.27. The van der Waals surface area contributed by atoms with Crippen molar-refractivity contribution < 1.29 is 14.3 Å². The molecule has 0 spiro atoms. The van der Waals surface area contributed by atoms with E-state index in [1.165, 1.54) is 22.1 Å². The number of nitrogen functional groups attached to an aromatic ring is 1. The molecular weight excluding hydrogens is 576 g/mol. The highest BCUT2D eigenvalue weighted by molar-refractivity contribution is 7.18. The van der Waals surface area contributed by atoms with E-state index in [2.05, 4.69) is 15.0 Å². The maximum atomic E-state index is 13.4. The minimum Gasteiger partial charge on any atom is -0.491 e. The molecule has 0 bridgehead atoms. The topological polar surface area (TPSA) is 146 Å². The molecule has 0 unspecified atom stereocenters. The van der Waals surface area contributed by atoms with Crippen molar-refractivity contribution in [3.05, 3.63) is 73.9 Å². The molecular formula is C30H27ClN6O4S. The van der Waals surface area contributed by atoms with E-state index >= 15 is 0 Å². The molecule has 4 heterocycles. The number of pyridine rings is 2. The van der Waals surface area contributed by atoms with Gasteiger partial charge in [-0.2, -0.15) is 5.26 Å². The van der Waals surface area contributed by atoms with Gasteiger partial charge in [-0.25, -0.2) is 14.8 Å². The Balaban J connectivity index is 1.50. The molecule has 10 nitrogen and oxygen atoms in total. The largest absolute Gasteiger partial charge is 0.491 e. The van der Waals surface area contributed by atoms with Crippen molar-refractivity contribution in [1.29, 1.82) is 5.26 Å². The van der Waals surface area contributed by atoms with Gasteiger partial charge in [-0.05, 0) is 58.9 Å². The number of carbonyl (C=O) groups is 1. The third kappa shape index (κ3) is 5.51. The highest BCUT2D eigenvalue weighted by atomic mass is 35.5. The zero-order chi connectivity index (χ0) is 30.3. The molecule has 0 aliphatic heterocycles. The summed E-state index contributed by atoms with van der Waals surface area (Å²) < 4.78 is 14.0. The molecule has 0 saturated heterocycles. The number of aromatic nitrogens is 4. The van der Waals surface area contributed by atoms with Gasteiger partial charge in [0.25, 0.3) is 5.56 Å². The van der Waals surface area contributed by atoms with Crippen molar-refractivity contribution >= 4 is 55.8 Å². The minimum atomic E-state index is -0.646. The summed E-state index contributed by atoms with van der Waals surface area (Å²) in [6, 6.07) is 9.15. The van der Waals surface area contributed by atoms with Crippen LogP contribution in [0.15, 0.2) is 40.6 Å². The Morgan fingerprint density at radius 3 is 2.67 bits per heavy atom. The first kappa shape index (κ1) is 29.0. The van der Waals surface area contributed by atoms with Crippen molar-refractivity contribution in [3.63, 3.8) is 0 Å². The smallest absolute Gasteiger partial charge is 0.341 e. The van der Waals surface area contributed by atoms with Crippen LogP contribution in [0.3, 0.4) is 0 Å². The number of carbonyl (C=O) groups excluding carboxylic acids is 1. The number of aryl methyl sites for hydroxylation is 2. The maximum absolute atomic E-state index is 13.4. The van der Waals surface area contributed by atoms with Crippen LogP contribution in [0, 0.1) is 25.2 Å². The molecule has 0 fully saturated rings. The van der Waals surface area contributed by atoms with Crippen molar-refractivity contribution in [3.8, 4) is 22.9 Å². The van der Waals surface area contributed by atoms with E-state index < -0.39 is 17.1 Å². The molecule has 5 rings (SSSR count). The number of anilines is 1. The maximum Gasteiger partial charge on any atom is 0.341 e. The zero-order valence-corrected chi connectivity index (χ0v) is 25.2. The first-order valence-electron chi connectivity index (χ1n) is 13.0. The number of ether oxygens (including phenoxy) is 2. The van der Waals surface area contributed by atoms with E-state index in [9.17, 15) is 14.9 Å². The Labute approximate surface area is 250 Å². The number of nitriles is 1. The van der Waals surface area contributed by atoms with Gasteiger partial charge in [0.1, 0.15) is 41.2 Å². The Bertz CT molecular complexity index is 1990. The molecule has 1 aromatic carbocycles. The number of hydrogen-bond donors (Lipinski definition) is 1. The van der Waals surface area contributed by atoms with Crippen molar-refractivity contribution in [2.45, 2.75) is 46.8 Å². The fourth-order valence-corrected chi connectivity index (χ4v) is 5.79. The lowest BCUT2D eigenvalue weighted by Gasteiger charge is -2.19. The van der Waals surface area contributed by atoms with Crippen molar-refractivity contribution in [2.24, 2.45) is 0 Å². The molecule has 214 valence electrons. The van der Waals surface area contributed by atoms with Gasteiger partial charge in [0.2, 0.25) is 0 Å². The number of benzene rings is 1. The number of nitrogens with two attached hydrogens (primary N) is 1. The summed E-state index contributed by atoms with van der Waals surface area (Å²) in [5.74, 6) is 0.512. The molecule has 5 aromatic rings. The number of rotatable bonds is 6. The van der Waals surface area contributed by atoms with Gasteiger partial charge >= 0.3 is 5.97 Å². The second-order valence-corrected chi connectivity index (χ2v) is 12.0. The minimum absolute atomic E-state index is 0.00146. The number of fused-ring (bicyclic) bond motifs is 2. The number of esters is 1. The third-order valence-electron chi connectivity index (χ3n) is 6.41. The molecule has 0 aliphatic carbocycles. The summed E-state index contributed by atoms with van der Waals surface area (Å²) >= 11 is 7.80. The number of thiophene rings is 1. The average Bonchev–Trinajstić information content (AvgIpc) is 3.34. The fraction of sp³-hybridized carbons (Fsp3) is 0.267. The van der Waals surface area contributed by atoms with E-state index in [0.717, 1.165) is 10.3 Å². The molecule has 0 amide bonds. The van der Waals surface area contributed by atoms with E-state index in [-0.39, 0.29) is 29.9 Å². The van der Waals surface area contributed by atoms with Gasteiger partial charge in [-0.1, -0.05) is 11.6 Å². The summed E-state index contributed by atoms with van der Waals surface area (Å²) in [5, 5.41) is 11.9. The monoisotopic (exact) mass is 602 g/mol. The molecule has 0 aliphatic rings. The molecule has 42 heavy (non-hydrogen) atoms. The molecule has 2 N–H and O–H groups in total. The second-order valence-electron chi connectivity index (χ2n) is 10.6. The van der Waals surface area contributed by atoms with Crippen LogP contribution in [-0.4, -0.2) is 37.7 Å². The van der Waals surface area contributed by atoms with Gasteiger partial charge < -0.3 is 15.2 Å². The van der Waals surface area contributed by atoms with Crippen LogP contribution >= 0.6 is 22.9 Å². The first-order chi connectivity index (χ1) is 19.9. The van der Waals surface area contributed by atoms with Crippen LogP contribution in [0.4, 0.5) is 5.82 Å². The summed E-state index contributed by atoms with van der Waals surface area (Å²) in [7, 11) is 0. The Kier molecular flexibility index (Phi) is 7.62. The van der Waals surface area contributed by atoms with Crippen molar-refractivity contribution in [1.82, 2.24) is 19.5 Å². The van der Waals surface area contributed by atoms with Crippen LogP contribution in [-0.2, 0) is 11.3 Å². The lowest BCUT2D eigenvalue weighted by molar-refractivity contribution is 0.00721. The lowest BCUT2D eigenvalue weighted by atomic mass is 10.0. The van der Waals surface area contributed by atoms with Crippen LogP contribution in [0.5, 0.6) is 5.75 Å². The number of hydrogen-bond acceptors (Lipinski definition) is 10. The SMILES string of the molecule is Cc1cc(-c2cc(Cl)ccc2OCCn2c(C)nc3cnc(N)c(C#N)c3c2=O)c2scc(C(=O)OC(C)(C)C)c2n1. The predicted molar refractivity (Wildman–Crippen MR) is 163 cm³/mol. The van der Waals surface area contributed by atoms with Gasteiger partial charge in [-0.3, -0.25) is 14.3 Å². The molecule has 0 atom stereocenters. The first-order valence-corrected chi connectivity index (χ1v) is 14.2. The summed E-state index contributed by atoms with van der Waals surface area (Å²) in [5.41, 5.74) is 8.25. The second kappa shape index (κ2) is 11.0. The fourth-order valence-electron chi connectivity index (χ4n) is 4.61. The van der Waals surface area contributed by atoms with Gasteiger partial charge in [0.05, 0.1) is 39.4 Å². The number of nitrogens with zero attached hydrogens (tertiary/aromatic N) is 5. The molecule has 4 aromatic heterocycles. The van der Waals surface area contributed by atoms with Gasteiger partial charge in [0.15, 0.2) is 0 Å². The summed E-state index contributed by atoms with van der Waals surface area (Å²) in [4.78, 5) is 39.3. The standard InChI is InChI=1S/C30H27ClN6O4S/c1-15-10-19(26-25(35-15)21(14-42-26)29(39)41-30(3,4)5)18-11-17(31)6-7-23(18)40-9-8-37-16(2)36-22-13-34-27(33)20(12-32)24(22)28(37)38/h6-7,10-11,13-14H,8-9H2,1-5H3,(H2,33,34). The summed E-state index contributed by atoms with van der Waals surface area (Å²) in [6.45, 7) is 9.28. The quantitative estimate of drug-likeness (QED) is 0.237. The van der Waals surface area contributed by atoms with Crippen LogP contribution in [0.2, 0.25) is 5.02 Å². The number of halogens is 1. The third-order valence-corrected chi connectivity index (χ3v) is 7.64. The Morgan fingerprint density at radius 2 is 1.95 bits per heavy atom. The normalized spacial score (nSPS) is 11.5.